The van der Waals surface area contributed by atoms with E-state index in [2.05, 4.69) is 41.4 Å². The van der Waals surface area contributed by atoms with E-state index in [1.54, 1.807) is 24.4 Å². The highest BCUT2D eigenvalue weighted by Crippen LogP contribution is 2.24. The van der Waals surface area contributed by atoms with Crippen LogP contribution in [0.2, 0.25) is 0 Å². The first-order valence-corrected chi connectivity index (χ1v) is 6.97. The molecular weight excluding hydrogens is 252 g/mol. The quantitative estimate of drug-likeness (QED) is 0.842. The lowest BCUT2D eigenvalue weighted by atomic mass is 10.0. The van der Waals surface area contributed by atoms with E-state index < -0.39 is 0 Å². The van der Waals surface area contributed by atoms with Crippen molar-refractivity contribution in [2.45, 2.75) is 32.9 Å². The third kappa shape index (κ3) is 3.57. The molecule has 1 atom stereocenters. The Labute approximate surface area is 120 Å². The molecule has 1 unspecified atom stereocenters. The van der Waals surface area contributed by atoms with Crippen LogP contribution in [0.1, 0.15) is 37.4 Å². The minimum Gasteiger partial charge on any atom is -0.496 e. The molecule has 1 aromatic carbocycles. The van der Waals surface area contributed by atoms with Gasteiger partial charge in [-0.25, -0.2) is 9.67 Å². The Kier molecular flexibility index (Phi) is 5.12. The second kappa shape index (κ2) is 7.05. The summed E-state index contributed by atoms with van der Waals surface area (Å²) in [5.74, 6) is 0.881. The Morgan fingerprint density at radius 2 is 2.25 bits per heavy atom. The van der Waals surface area contributed by atoms with Gasteiger partial charge in [0.25, 0.3) is 0 Å². The molecule has 1 heterocycles. The zero-order valence-corrected chi connectivity index (χ0v) is 12.3. The van der Waals surface area contributed by atoms with E-state index in [9.17, 15) is 0 Å². The van der Waals surface area contributed by atoms with Crippen LogP contribution in [0.3, 0.4) is 0 Å². The Morgan fingerprint density at radius 3 is 2.90 bits per heavy atom. The standard InChI is InChI=1S/C15H22N4O/c1-4-7-17-12(2)13-5-6-15(20-3)14(8-13)9-19-11-16-10-18-19/h5-6,8,10-12,17H,4,7,9H2,1-3H3. The Balaban J connectivity index is 2.19. The van der Waals surface area contributed by atoms with E-state index in [4.69, 9.17) is 4.74 Å². The molecule has 5 nitrogen and oxygen atoms in total. The van der Waals surface area contributed by atoms with Gasteiger partial charge in [0.2, 0.25) is 0 Å². The first-order chi connectivity index (χ1) is 9.74. The van der Waals surface area contributed by atoms with E-state index in [1.165, 1.54) is 5.56 Å². The number of benzene rings is 1. The lowest BCUT2D eigenvalue weighted by Gasteiger charge is -2.16. The maximum absolute atomic E-state index is 5.43. The maximum atomic E-state index is 5.43. The molecule has 20 heavy (non-hydrogen) atoms. The third-order valence-corrected chi connectivity index (χ3v) is 3.30. The van der Waals surface area contributed by atoms with E-state index in [1.807, 2.05) is 6.07 Å². The van der Waals surface area contributed by atoms with Crippen molar-refractivity contribution in [1.29, 1.82) is 0 Å². The number of rotatable bonds is 7. The summed E-state index contributed by atoms with van der Waals surface area (Å²) in [5, 5.41) is 7.64. The topological polar surface area (TPSA) is 52.0 Å². The molecule has 1 N–H and O–H groups in total. The predicted octanol–water partition coefficient (Wildman–Crippen LogP) is 2.40. The Hall–Kier alpha value is -1.88. The van der Waals surface area contributed by atoms with E-state index in [0.29, 0.717) is 12.6 Å². The summed E-state index contributed by atoms with van der Waals surface area (Å²) in [6.45, 7) is 6.03. The van der Waals surface area contributed by atoms with Crippen molar-refractivity contribution in [1.82, 2.24) is 20.1 Å². The largest absolute Gasteiger partial charge is 0.496 e. The van der Waals surface area contributed by atoms with E-state index in [0.717, 1.165) is 24.3 Å². The molecule has 0 aliphatic rings. The van der Waals surface area contributed by atoms with Gasteiger partial charge in [-0.2, -0.15) is 5.10 Å². The number of ether oxygens (including phenoxy) is 1. The number of hydrogen-bond acceptors (Lipinski definition) is 4. The molecule has 0 fully saturated rings. The smallest absolute Gasteiger partial charge is 0.137 e. The summed E-state index contributed by atoms with van der Waals surface area (Å²) in [6.07, 6.45) is 4.39. The van der Waals surface area contributed by atoms with Gasteiger partial charge < -0.3 is 10.1 Å². The Morgan fingerprint density at radius 1 is 1.40 bits per heavy atom. The van der Waals surface area contributed by atoms with Crippen molar-refractivity contribution < 1.29 is 4.74 Å². The highest BCUT2D eigenvalue weighted by atomic mass is 16.5. The normalized spacial score (nSPS) is 12.3. The minimum absolute atomic E-state index is 0.329. The van der Waals surface area contributed by atoms with Crippen molar-refractivity contribution in [2.75, 3.05) is 13.7 Å². The molecule has 0 amide bonds. The maximum Gasteiger partial charge on any atom is 0.137 e. The molecule has 0 saturated carbocycles. The van der Waals surface area contributed by atoms with Gasteiger partial charge >= 0.3 is 0 Å². The number of hydrogen-bond donors (Lipinski definition) is 1. The summed E-state index contributed by atoms with van der Waals surface area (Å²) in [6, 6.07) is 6.63. The number of methoxy groups -OCH3 is 1. The molecule has 2 aromatic rings. The predicted molar refractivity (Wildman–Crippen MR) is 78.8 cm³/mol. The van der Waals surface area contributed by atoms with Gasteiger partial charge in [-0.05, 0) is 37.6 Å². The fourth-order valence-electron chi connectivity index (χ4n) is 2.16. The summed E-state index contributed by atoms with van der Waals surface area (Å²) in [5.41, 5.74) is 2.37. The molecule has 0 saturated heterocycles. The zero-order chi connectivity index (χ0) is 14.4. The van der Waals surface area contributed by atoms with E-state index in [-0.39, 0.29) is 0 Å². The van der Waals surface area contributed by atoms with Crippen LogP contribution < -0.4 is 10.1 Å². The van der Waals surface area contributed by atoms with Crippen LogP contribution >= 0.6 is 0 Å². The second-order valence-electron chi connectivity index (χ2n) is 4.84. The van der Waals surface area contributed by atoms with Crippen LogP contribution in [0.5, 0.6) is 5.75 Å². The Bertz CT molecular complexity index is 525. The second-order valence-corrected chi connectivity index (χ2v) is 4.84. The van der Waals surface area contributed by atoms with Crippen LogP contribution in [0.25, 0.3) is 0 Å². The van der Waals surface area contributed by atoms with Crippen molar-refractivity contribution in [3.05, 3.63) is 42.0 Å². The summed E-state index contributed by atoms with van der Waals surface area (Å²) in [4.78, 5) is 3.97. The third-order valence-electron chi connectivity index (χ3n) is 3.30. The summed E-state index contributed by atoms with van der Waals surface area (Å²) < 4.78 is 7.23. The van der Waals surface area contributed by atoms with Crippen LogP contribution in [0.4, 0.5) is 0 Å². The van der Waals surface area contributed by atoms with Crippen molar-refractivity contribution >= 4 is 0 Å². The average molecular weight is 274 g/mol. The number of nitrogens with zero attached hydrogens (tertiary/aromatic N) is 3. The van der Waals surface area contributed by atoms with Gasteiger partial charge in [-0.1, -0.05) is 13.0 Å². The molecule has 0 aliphatic carbocycles. The fraction of sp³-hybridized carbons (Fsp3) is 0.467. The highest BCUT2D eigenvalue weighted by Gasteiger charge is 2.10. The van der Waals surface area contributed by atoms with Gasteiger partial charge in [-0.15, -0.1) is 0 Å². The lowest BCUT2D eigenvalue weighted by Crippen LogP contribution is -2.19. The highest BCUT2D eigenvalue weighted by molar-refractivity contribution is 5.38. The van der Waals surface area contributed by atoms with Crippen LogP contribution in [0, 0.1) is 0 Å². The van der Waals surface area contributed by atoms with Gasteiger partial charge in [0, 0.05) is 11.6 Å². The van der Waals surface area contributed by atoms with Gasteiger partial charge in [0.15, 0.2) is 0 Å². The van der Waals surface area contributed by atoms with Crippen molar-refractivity contribution in [2.24, 2.45) is 0 Å². The van der Waals surface area contributed by atoms with E-state index >= 15 is 0 Å². The van der Waals surface area contributed by atoms with Crippen molar-refractivity contribution in [3.63, 3.8) is 0 Å². The molecule has 0 radical (unpaired) electrons. The summed E-state index contributed by atoms with van der Waals surface area (Å²) in [7, 11) is 1.69. The van der Waals surface area contributed by atoms with Crippen LogP contribution in [0.15, 0.2) is 30.9 Å². The first kappa shape index (κ1) is 14.5. The van der Waals surface area contributed by atoms with Gasteiger partial charge in [-0.3, -0.25) is 0 Å². The SMILES string of the molecule is CCCNC(C)c1ccc(OC)c(Cn2cncn2)c1. The minimum atomic E-state index is 0.329. The molecule has 1 aromatic heterocycles. The monoisotopic (exact) mass is 274 g/mol. The van der Waals surface area contributed by atoms with Gasteiger partial charge in [0.1, 0.15) is 18.4 Å². The number of aromatic nitrogens is 3. The molecule has 108 valence electrons. The zero-order valence-electron chi connectivity index (χ0n) is 12.3. The van der Waals surface area contributed by atoms with Crippen LogP contribution in [-0.2, 0) is 6.54 Å². The molecule has 0 bridgehead atoms. The lowest BCUT2D eigenvalue weighted by molar-refractivity contribution is 0.406. The van der Waals surface area contributed by atoms with Crippen molar-refractivity contribution in [3.8, 4) is 5.75 Å². The molecule has 2 rings (SSSR count). The summed E-state index contributed by atoms with van der Waals surface area (Å²) >= 11 is 0. The molecule has 0 aliphatic heterocycles. The first-order valence-electron chi connectivity index (χ1n) is 6.97. The van der Waals surface area contributed by atoms with Crippen LogP contribution in [-0.4, -0.2) is 28.4 Å². The molecular formula is C15H22N4O. The fourth-order valence-corrected chi connectivity index (χ4v) is 2.16. The molecule has 5 heteroatoms. The van der Waals surface area contributed by atoms with Gasteiger partial charge in [0.05, 0.1) is 13.7 Å². The average Bonchev–Trinajstić information content (AvgIpc) is 2.97. The number of nitrogens with one attached hydrogen (secondary N) is 1. The molecule has 0 spiro atoms.